The van der Waals surface area contributed by atoms with Crippen LogP contribution >= 0.6 is 0 Å². The summed E-state index contributed by atoms with van der Waals surface area (Å²) in [5, 5.41) is 15.5. The maximum atomic E-state index is 11.3. The molecule has 1 aliphatic rings. The molecule has 0 saturated carbocycles. The molecule has 0 spiro atoms. The quantitative estimate of drug-likeness (QED) is 0.382. The Morgan fingerprint density at radius 2 is 1.86 bits per heavy atom. The van der Waals surface area contributed by atoms with Crippen molar-refractivity contribution in [2.45, 2.75) is 45.7 Å². The van der Waals surface area contributed by atoms with E-state index in [2.05, 4.69) is 73.3 Å². The monoisotopic (exact) mass is 475 g/mol. The molecule has 0 unspecified atom stereocenters. The summed E-state index contributed by atoms with van der Waals surface area (Å²) in [6, 6.07) is 17.3. The fourth-order valence-corrected chi connectivity index (χ4v) is 4.24. The summed E-state index contributed by atoms with van der Waals surface area (Å²) in [5.74, 6) is 0. The number of aldehydes is 1. The van der Waals surface area contributed by atoms with E-state index >= 15 is 0 Å². The van der Waals surface area contributed by atoms with Crippen molar-refractivity contribution in [3.8, 4) is 6.07 Å². The SMILES string of the molecule is C=C(CN(CC=O)c1cc(C#N)ccc1C)N(C)C1Cc2ccccc2C1.CNCCNC(C)C. The normalized spacial score (nSPS) is 12.4. The summed E-state index contributed by atoms with van der Waals surface area (Å²) in [7, 11) is 4.04. The van der Waals surface area contributed by atoms with E-state index < -0.39 is 0 Å². The number of nitriles is 1. The van der Waals surface area contributed by atoms with Crippen LogP contribution in [0.25, 0.3) is 0 Å². The Morgan fingerprint density at radius 3 is 2.40 bits per heavy atom. The average Bonchev–Trinajstić information content (AvgIpc) is 3.28. The average molecular weight is 476 g/mol. The smallest absolute Gasteiger partial charge is 0.139 e. The van der Waals surface area contributed by atoms with Gasteiger partial charge < -0.3 is 25.2 Å². The summed E-state index contributed by atoms with van der Waals surface area (Å²) in [6.45, 7) is 13.5. The third kappa shape index (κ3) is 8.54. The minimum atomic E-state index is 0.271. The fourth-order valence-electron chi connectivity index (χ4n) is 4.24. The Hall–Kier alpha value is -3.14. The molecule has 2 aromatic carbocycles. The lowest BCUT2D eigenvalue weighted by Crippen LogP contribution is -2.38. The molecule has 0 aromatic heterocycles. The summed E-state index contributed by atoms with van der Waals surface area (Å²) < 4.78 is 0. The zero-order valence-corrected chi connectivity index (χ0v) is 22.0. The second kappa shape index (κ2) is 14.3. The van der Waals surface area contributed by atoms with Gasteiger partial charge in [0.05, 0.1) is 24.7 Å². The van der Waals surface area contributed by atoms with Gasteiger partial charge in [0.2, 0.25) is 0 Å². The number of benzene rings is 2. The molecule has 0 aliphatic heterocycles. The predicted octanol–water partition coefficient (Wildman–Crippen LogP) is 3.69. The molecule has 0 atom stereocenters. The molecule has 3 rings (SSSR count). The van der Waals surface area contributed by atoms with Crippen LogP contribution in [-0.2, 0) is 17.6 Å². The molecule has 2 N–H and O–H groups in total. The number of likely N-dealkylation sites (N-methyl/N-ethyl adjacent to an activating group) is 2. The molecule has 0 bridgehead atoms. The Bertz CT molecular complexity index is 985. The number of anilines is 1. The van der Waals surface area contributed by atoms with E-state index in [9.17, 15) is 10.1 Å². The molecule has 188 valence electrons. The van der Waals surface area contributed by atoms with E-state index in [1.165, 1.54) is 11.1 Å². The molecular formula is C29H41N5O. The van der Waals surface area contributed by atoms with Crippen molar-refractivity contribution in [3.05, 3.63) is 77.0 Å². The van der Waals surface area contributed by atoms with Crippen molar-refractivity contribution in [1.29, 1.82) is 5.26 Å². The molecule has 1 aliphatic carbocycles. The lowest BCUT2D eigenvalue weighted by atomic mass is 10.1. The van der Waals surface area contributed by atoms with E-state index in [0.29, 0.717) is 24.2 Å². The molecule has 0 amide bonds. The standard InChI is InChI=1S/C23H25N3O.C6H16N2/c1-17-8-9-19(15-24)12-23(17)26(10-11-27)16-18(2)25(3)22-13-20-6-4-5-7-21(20)14-22;1-6(2)8-5-4-7-3/h4-9,11-12,22H,2,10,13-14,16H2,1,3H3;6-8H,4-5H2,1-3H3. The van der Waals surface area contributed by atoms with Gasteiger partial charge in [0.1, 0.15) is 6.29 Å². The van der Waals surface area contributed by atoms with Crippen molar-refractivity contribution in [2.24, 2.45) is 0 Å². The predicted molar refractivity (Wildman–Crippen MR) is 146 cm³/mol. The zero-order valence-electron chi connectivity index (χ0n) is 22.0. The molecule has 2 aromatic rings. The highest BCUT2D eigenvalue weighted by Crippen LogP contribution is 2.28. The van der Waals surface area contributed by atoms with Gasteiger partial charge in [0, 0.05) is 43.6 Å². The first-order valence-corrected chi connectivity index (χ1v) is 12.3. The van der Waals surface area contributed by atoms with E-state index in [4.69, 9.17) is 0 Å². The van der Waals surface area contributed by atoms with Crippen molar-refractivity contribution < 1.29 is 4.79 Å². The zero-order chi connectivity index (χ0) is 25.8. The number of carbonyl (C=O) groups is 1. The van der Waals surface area contributed by atoms with Crippen LogP contribution in [0.5, 0.6) is 0 Å². The van der Waals surface area contributed by atoms with Gasteiger partial charge in [0.25, 0.3) is 0 Å². The molecular weight excluding hydrogens is 434 g/mol. The van der Waals surface area contributed by atoms with Crippen molar-refractivity contribution in [1.82, 2.24) is 15.5 Å². The van der Waals surface area contributed by atoms with Crippen LogP contribution in [0.1, 0.15) is 36.1 Å². The fraction of sp³-hybridized carbons (Fsp3) is 0.448. The van der Waals surface area contributed by atoms with Gasteiger partial charge >= 0.3 is 0 Å². The first-order chi connectivity index (χ1) is 16.8. The Balaban J connectivity index is 0.000000466. The highest BCUT2D eigenvalue weighted by molar-refractivity contribution is 5.65. The largest absolute Gasteiger partial charge is 0.373 e. The molecule has 0 saturated heterocycles. The third-order valence-corrected chi connectivity index (χ3v) is 6.35. The number of hydrogen-bond acceptors (Lipinski definition) is 6. The lowest BCUT2D eigenvalue weighted by molar-refractivity contribution is -0.106. The van der Waals surface area contributed by atoms with Crippen LogP contribution < -0.4 is 15.5 Å². The number of hydrogen-bond donors (Lipinski definition) is 2. The highest BCUT2D eigenvalue weighted by Gasteiger charge is 2.26. The maximum Gasteiger partial charge on any atom is 0.139 e. The molecule has 0 heterocycles. The van der Waals surface area contributed by atoms with Crippen LogP contribution in [0.2, 0.25) is 0 Å². The van der Waals surface area contributed by atoms with Gasteiger partial charge in [-0.25, -0.2) is 0 Å². The van der Waals surface area contributed by atoms with Gasteiger partial charge in [-0.2, -0.15) is 5.26 Å². The Morgan fingerprint density at radius 1 is 1.20 bits per heavy atom. The summed E-state index contributed by atoms with van der Waals surface area (Å²) in [5.41, 5.74) is 6.33. The first kappa shape index (κ1) is 28.1. The van der Waals surface area contributed by atoms with E-state index in [1.807, 2.05) is 31.0 Å². The lowest BCUT2D eigenvalue weighted by Gasteiger charge is -2.33. The third-order valence-electron chi connectivity index (χ3n) is 6.35. The van der Waals surface area contributed by atoms with Crippen LogP contribution in [-0.4, -0.2) is 63.5 Å². The summed E-state index contributed by atoms with van der Waals surface area (Å²) in [4.78, 5) is 15.5. The molecule has 0 radical (unpaired) electrons. The topological polar surface area (TPSA) is 71.4 Å². The van der Waals surface area contributed by atoms with Crippen LogP contribution in [0.3, 0.4) is 0 Å². The van der Waals surface area contributed by atoms with Gasteiger partial charge in [0.15, 0.2) is 0 Å². The van der Waals surface area contributed by atoms with Crippen molar-refractivity contribution in [3.63, 3.8) is 0 Å². The number of nitrogens with one attached hydrogen (secondary N) is 2. The minimum absolute atomic E-state index is 0.271. The molecule has 0 fully saturated rings. The summed E-state index contributed by atoms with van der Waals surface area (Å²) >= 11 is 0. The van der Waals surface area contributed by atoms with Gasteiger partial charge in [-0.15, -0.1) is 0 Å². The van der Waals surface area contributed by atoms with Crippen LogP contribution in [0.15, 0.2) is 54.7 Å². The summed E-state index contributed by atoms with van der Waals surface area (Å²) in [6.07, 6.45) is 2.93. The Labute approximate surface area is 211 Å². The maximum absolute atomic E-state index is 11.3. The van der Waals surface area contributed by atoms with Crippen LogP contribution in [0, 0.1) is 18.3 Å². The number of carbonyl (C=O) groups excluding carboxylic acids is 1. The molecule has 35 heavy (non-hydrogen) atoms. The second-order valence-electron chi connectivity index (χ2n) is 9.38. The van der Waals surface area contributed by atoms with E-state index in [1.54, 1.807) is 6.07 Å². The first-order valence-electron chi connectivity index (χ1n) is 12.3. The van der Waals surface area contributed by atoms with Gasteiger partial charge in [-0.1, -0.05) is 50.8 Å². The van der Waals surface area contributed by atoms with Crippen LogP contribution in [0.4, 0.5) is 5.69 Å². The van der Waals surface area contributed by atoms with E-state index in [-0.39, 0.29) is 6.54 Å². The number of nitrogens with zero attached hydrogens (tertiary/aromatic N) is 3. The number of rotatable bonds is 11. The number of aryl methyl sites for hydroxylation is 1. The van der Waals surface area contributed by atoms with Crippen molar-refractivity contribution >= 4 is 12.0 Å². The molecule has 6 heteroatoms. The minimum Gasteiger partial charge on any atom is -0.373 e. The van der Waals surface area contributed by atoms with Gasteiger partial charge in [-0.05, 0) is 55.6 Å². The highest BCUT2D eigenvalue weighted by atomic mass is 16.1. The van der Waals surface area contributed by atoms with Crippen molar-refractivity contribution in [2.75, 3.05) is 45.2 Å². The molecule has 6 nitrogen and oxygen atoms in total. The Kier molecular flexibility index (Phi) is 11.5. The number of fused-ring (bicyclic) bond motifs is 1. The second-order valence-corrected chi connectivity index (χ2v) is 9.38. The van der Waals surface area contributed by atoms with E-state index in [0.717, 1.165) is 49.2 Å². The van der Waals surface area contributed by atoms with Gasteiger partial charge in [-0.3, -0.25) is 0 Å².